The van der Waals surface area contributed by atoms with Crippen molar-refractivity contribution in [3.05, 3.63) is 28.8 Å². The first-order valence-electron chi connectivity index (χ1n) is 6.68. The van der Waals surface area contributed by atoms with E-state index < -0.39 is 11.7 Å². The van der Waals surface area contributed by atoms with E-state index >= 15 is 0 Å². The van der Waals surface area contributed by atoms with Gasteiger partial charge in [-0.05, 0) is 44.5 Å². The maximum Gasteiger partial charge on any atom is 0.418 e. The van der Waals surface area contributed by atoms with E-state index in [-0.39, 0.29) is 28.6 Å². The van der Waals surface area contributed by atoms with Crippen LogP contribution < -0.4 is 10.6 Å². The van der Waals surface area contributed by atoms with Crippen LogP contribution in [0.5, 0.6) is 0 Å². The van der Waals surface area contributed by atoms with Gasteiger partial charge < -0.3 is 10.6 Å². The van der Waals surface area contributed by atoms with E-state index in [1.165, 1.54) is 12.1 Å². The summed E-state index contributed by atoms with van der Waals surface area (Å²) in [5.74, 6) is -0.658. The highest BCUT2D eigenvalue weighted by Crippen LogP contribution is 2.36. The molecule has 1 amide bonds. The van der Waals surface area contributed by atoms with Crippen molar-refractivity contribution in [1.82, 2.24) is 5.32 Å². The largest absolute Gasteiger partial charge is 0.418 e. The Balaban J connectivity index is 2.17. The molecule has 21 heavy (non-hydrogen) atoms. The lowest BCUT2D eigenvalue weighted by Crippen LogP contribution is -2.40. The van der Waals surface area contributed by atoms with Crippen molar-refractivity contribution in [2.24, 2.45) is 5.92 Å². The summed E-state index contributed by atoms with van der Waals surface area (Å²) in [6.07, 6.45) is -3.33. The van der Waals surface area contributed by atoms with Crippen molar-refractivity contribution >= 4 is 23.2 Å². The molecule has 1 aliphatic rings. The lowest BCUT2D eigenvalue weighted by atomic mass is 9.92. The number of carbonyl (C=O) groups excluding carboxylic acids is 1. The summed E-state index contributed by atoms with van der Waals surface area (Å²) in [5, 5.41) is 5.57. The van der Waals surface area contributed by atoms with Gasteiger partial charge in [0, 0.05) is 17.0 Å². The molecule has 0 aliphatic carbocycles. The summed E-state index contributed by atoms with van der Waals surface area (Å²) in [6.45, 7) is 2.63. The van der Waals surface area contributed by atoms with E-state index in [1.807, 2.05) is 6.92 Å². The molecular weight excluding hydrogens is 305 g/mol. The Labute approximate surface area is 125 Å². The zero-order chi connectivity index (χ0) is 15.6. The molecule has 0 radical (unpaired) electrons. The second-order valence-corrected chi connectivity index (χ2v) is 5.69. The summed E-state index contributed by atoms with van der Waals surface area (Å²) >= 11 is 5.61. The maximum absolute atomic E-state index is 13.0. The zero-order valence-electron chi connectivity index (χ0n) is 11.4. The van der Waals surface area contributed by atoms with E-state index in [9.17, 15) is 18.0 Å². The molecule has 2 unspecified atom stereocenters. The van der Waals surface area contributed by atoms with Crippen LogP contribution in [0.1, 0.15) is 25.3 Å². The molecule has 2 atom stereocenters. The van der Waals surface area contributed by atoms with E-state index in [0.29, 0.717) is 19.4 Å². The molecule has 2 rings (SSSR count). The SMILES string of the molecule is CC1CC(C(=O)Nc2ccc(Cl)cc2C(F)(F)F)CCN1. The fourth-order valence-electron chi connectivity index (χ4n) is 2.46. The van der Waals surface area contributed by atoms with Crippen LogP contribution in [0.25, 0.3) is 0 Å². The Morgan fingerprint density at radius 1 is 1.43 bits per heavy atom. The minimum Gasteiger partial charge on any atom is -0.325 e. The number of halogens is 4. The van der Waals surface area contributed by atoms with Crippen LogP contribution in [0, 0.1) is 5.92 Å². The average Bonchev–Trinajstić information content (AvgIpc) is 2.39. The normalized spacial score (nSPS) is 22.9. The van der Waals surface area contributed by atoms with Crippen LogP contribution in [0.15, 0.2) is 18.2 Å². The van der Waals surface area contributed by atoms with Crippen LogP contribution in [-0.2, 0) is 11.0 Å². The number of hydrogen-bond acceptors (Lipinski definition) is 2. The van der Waals surface area contributed by atoms with Crippen LogP contribution in [-0.4, -0.2) is 18.5 Å². The van der Waals surface area contributed by atoms with Gasteiger partial charge in [-0.3, -0.25) is 4.79 Å². The maximum atomic E-state index is 13.0. The minimum atomic E-state index is -4.56. The van der Waals surface area contributed by atoms with Gasteiger partial charge >= 0.3 is 6.18 Å². The van der Waals surface area contributed by atoms with E-state index in [0.717, 1.165) is 6.07 Å². The molecule has 1 heterocycles. The average molecular weight is 321 g/mol. The molecule has 0 saturated carbocycles. The predicted octanol–water partition coefficient (Wildman–Crippen LogP) is 3.69. The van der Waals surface area contributed by atoms with Gasteiger partial charge in [0.15, 0.2) is 0 Å². The number of hydrogen-bond donors (Lipinski definition) is 2. The number of carbonyl (C=O) groups is 1. The van der Waals surface area contributed by atoms with Gasteiger partial charge in [0.1, 0.15) is 0 Å². The van der Waals surface area contributed by atoms with Crippen LogP contribution in [0.4, 0.5) is 18.9 Å². The number of piperidine rings is 1. The Morgan fingerprint density at radius 3 is 2.76 bits per heavy atom. The fraction of sp³-hybridized carbons (Fsp3) is 0.500. The zero-order valence-corrected chi connectivity index (χ0v) is 12.2. The van der Waals surface area contributed by atoms with Gasteiger partial charge in [0.2, 0.25) is 5.91 Å². The Bertz CT molecular complexity index is 533. The second kappa shape index (κ2) is 6.23. The topological polar surface area (TPSA) is 41.1 Å². The van der Waals surface area contributed by atoms with Gasteiger partial charge in [-0.25, -0.2) is 0 Å². The monoisotopic (exact) mass is 320 g/mol. The van der Waals surface area contributed by atoms with Crippen molar-refractivity contribution in [2.75, 3.05) is 11.9 Å². The molecule has 2 N–H and O–H groups in total. The molecule has 0 aromatic heterocycles. The number of amides is 1. The van der Waals surface area contributed by atoms with Crippen LogP contribution >= 0.6 is 11.6 Å². The molecule has 1 aromatic carbocycles. The minimum absolute atomic E-state index is 0.0178. The Kier molecular flexibility index (Phi) is 4.78. The van der Waals surface area contributed by atoms with Crippen molar-refractivity contribution in [3.8, 4) is 0 Å². The quantitative estimate of drug-likeness (QED) is 0.872. The highest BCUT2D eigenvalue weighted by atomic mass is 35.5. The molecule has 3 nitrogen and oxygen atoms in total. The fourth-order valence-corrected chi connectivity index (χ4v) is 2.64. The number of alkyl halides is 3. The van der Waals surface area contributed by atoms with Gasteiger partial charge in [-0.1, -0.05) is 11.6 Å². The Hall–Kier alpha value is -1.27. The smallest absolute Gasteiger partial charge is 0.325 e. The molecular formula is C14H16ClF3N2O. The number of anilines is 1. The third kappa shape index (κ3) is 4.11. The summed E-state index contributed by atoms with van der Waals surface area (Å²) < 4.78 is 38.9. The number of benzene rings is 1. The van der Waals surface area contributed by atoms with Gasteiger partial charge in [0.25, 0.3) is 0 Å². The van der Waals surface area contributed by atoms with Gasteiger partial charge in [-0.2, -0.15) is 13.2 Å². The van der Waals surface area contributed by atoms with Gasteiger partial charge in [0.05, 0.1) is 11.3 Å². The third-order valence-electron chi connectivity index (χ3n) is 3.54. The Morgan fingerprint density at radius 2 is 2.14 bits per heavy atom. The molecule has 1 aliphatic heterocycles. The molecule has 116 valence electrons. The van der Waals surface area contributed by atoms with Crippen LogP contribution in [0.2, 0.25) is 5.02 Å². The highest BCUT2D eigenvalue weighted by molar-refractivity contribution is 6.30. The number of rotatable bonds is 2. The van der Waals surface area contributed by atoms with Gasteiger partial charge in [-0.15, -0.1) is 0 Å². The molecule has 0 bridgehead atoms. The molecule has 1 fully saturated rings. The summed E-state index contributed by atoms with van der Waals surface area (Å²) in [7, 11) is 0. The standard InChI is InChI=1S/C14H16ClF3N2O/c1-8-6-9(4-5-19-8)13(21)20-12-3-2-10(15)7-11(12)14(16,17)18/h2-3,7-9,19H,4-6H2,1H3,(H,20,21). The first-order chi connectivity index (χ1) is 9.77. The lowest BCUT2D eigenvalue weighted by Gasteiger charge is -2.27. The second-order valence-electron chi connectivity index (χ2n) is 5.25. The van der Waals surface area contributed by atoms with Crippen molar-refractivity contribution in [3.63, 3.8) is 0 Å². The third-order valence-corrected chi connectivity index (χ3v) is 3.77. The highest BCUT2D eigenvalue weighted by Gasteiger charge is 2.35. The van der Waals surface area contributed by atoms with E-state index in [4.69, 9.17) is 11.6 Å². The molecule has 1 saturated heterocycles. The predicted molar refractivity (Wildman–Crippen MR) is 75.3 cm³/mol. The molecule has 7 heteroatoms. The van der Waals surface area contributed by atoms with Crippen LogP contribution in [0.3, 0.4) is 0 Å². The molecule has 0 spiro atoms. The van der Waals surface area contributed by atoms with E-state index in [1.54, 1.807) is 0 Å². The van der Waals surface area contributed by atoms with Crippen molar-refractivity contribution in [2.45, 2.75) is 32.0 Å². The first kappa shape index (κ1) is 16.1. The molecule has 1 aromatic rings. The van der Waals surface area contributed by atoms with Crippen molar-refractivity contribution in [1.29, 1.82) is 0 Å². The lowest BCUT2D eigenvalue weighted by molar-refractivity contribution is -0.137. The number of nitrogens with one attached hydrogen (secondary N) is 2. The first-order valence-corrected chi connectivity index (χ1v) is 7.06. The van der Waals surface area contributed by atoms with E-state index in [2.05, 4.69) is 10.6 Å². The summed E-state index contributed by atoms with van der Waals surface area (Å²) in [6, 6.07) is 3.52. The summed E-state index contributed by atoms with van der Waals surface area (Å²) in [5.41, 5.74) is -1.17. The van der Waals surface area contributed by atoms with Crippen molar-refractivity contribution < 1.29 is 18.0 Å². The summed E-state index contributed by atoms with van der Waals surface area (Å²) in [4.78, 5) is 12.1.